The lowest BCUT2D eigenvalue weighted by atomic mass is 9.98. The number of hydrogen-bond donors (Lipinski definition) is 0. The maximum Gasteiger partial charge on any atom is 0.338 e. The molecule has 0 aliphatic heterocycles. The third kappa shape index (κ3) is 3.33. The van der Waals surface area contributed by atoms with Crippen LogP contribution in [0.3, 0.4) is 0 Å². The number of rotatable bonds is 5. The third-order valence-corrected chi connectivity index (χ3v) is 2.81. The lowest BCUT2D eigenvalue weighted by molar-refractivity contribution is 0.0523. The average Bonchev–Trinajstić information content (AvgIpc) is 2.37. The standard InChI is InChI=1S/C14H17ClO3/c1-4-10-6-7-11(14(17)18-5-2)12(8-10)13(16)9(3)15/h6-9H,4-5H2,1-3H3. The summed E-state index contributed by atoms with van der Waals surface area (Å²) in [6.07, 6.45) is 0.792. The molecule has 0 radical (unpaired) electrons. The first-order chi connectivity index (χ1) is 8.51. The number of hydrogen-bond acceptors (Lipinski definition) is 3. The fourth-order valence-electron chi connectivity index (χ4n) is 1.62. The van der Waals surface area contributed by atoms with Crippen LogP contribution in [-0.2, 0) is 11.2 Å². The number of benzene rings is 1. The van der Waals surface area contributed by atoms with E-state index in [4.69, 9.17) is 16.3 Å². The van der Waals surface area contributed by atoms with Gasteiger partial charge >= 0.3 is 5.97 Å². The Labute approximate surface area is 112 Å². The van der Waals surface area contributed by atoms with Crippen LogP contribution in [0.15, 0.2) is 18.2 Å². The number of esters is 1. The van der Waals surface area contributed by atoms with Crippen LogP contribution in [0.2, 0.25) is 0 Å². The number of alkyl halides is 1. The summed E-state index contributed by atoms with van der Waals surface area (Å²) < 4.78 is 4.94. The van der Waals surface area contributed by atoms with E-state index < -0.39 is 11.3 Å². The van der Waals surface area contributed by atoms with Gasteiger partial charge in [-0.2, -0.15) is 0 Å². The van der Waals surface area contributed by atoms with Crippen molar-refractivity contribution in [3.63, 3.8) is 0 Å². The van der Waals surface area contributed by atoms with Gasteiger partial charge in [0.25, 0.3) is 0 Å². The summed E-state index contributed by atoms with van der Waals surface area (Å²) in [5.41, 5.74) is 1.62. The van der Waals surface area contributed by atoms with Crippen LogP contribution in [0.1, 0.15) is 47.1 Å². The highest BCUT2D eigenvalue weighted by atomic mass is 35.5. The predicted molar refractivity (Wildman–Crippen MR) is 71.4 cm³/mol. The van der Waals surface area contributed by atoms with Gasteiger partial charge in [0.05, 0.1) is 17.5 Å². The molecule has 1 unspecified atom stereocenters. The Morgan fingerprint density at radius 3 is 2.44 bits per heavy atom. The number of ether oxygens (including phenoxy) is 1. The molecule has 18 heavy (non-hydrogen) atoms. The molecule has 0 saturated heterocycles. The van der Waals surface area contributed by atoms with Crippen molar-refractivity contribution in [2.75, 3.05) is 6.61 Å². The Hall–Kier alpha value is -1.35. The smallest absolute Gasteiger partial charge is 0.338 e. The summed E-state index contributed by atoms with van der Waals surface area (Å²) >= 11 is 5.81. The van der Waals surface area contributed by atoms with Gasteiger partial charge in [0, 0.05) is 5.56 Å². The molecular formula is C14H17ClO3. The summed E-state index contributed by atoms with van der Waals surface area (Å²) in [6.45, 7) is 5.58. The minimum atomic E-state index is -0.662. The average molecular weight is 269 g/mol. The summed E-state index contributed by atoms with van der Waals surface area (Å²) in [7, 11) is 0. The van der Waals surface area contributed by atoms with Crippen LogP contribution in [-0.4, -0.2) is 23.7 Å². The summed E-state index contributed by atoms with van der Waals surface area (Å²) in [4.78, 5) is 23.8. The molecule has 4 heteroatoms. The second-order valence-electron chi connectivity index (χ2n) is 3.93. The van der Waals surface area contributed by atoms with Crippen LogP contribution in [0.4, 0.5) is 0 Å². The topological polar surface area (TPSA) is 43.4 Å². The van der Waals surface area contributed by atoms with Crippen molar-refractivity contribution in [1.29, 1.82) is 0 Å². The van der Waals surface area contributed by atoms with Gasteiger partial charge in [-0.25, -0.2) is 4.79 Å². The summed E-state index contributed by atoms with van der Waals surface area (Å²) in [5, 5.41) is -0.662. The van der Waals surface area contributed by atoms with Gasteiger partial charge in [-0.3, -0.25) is 4.79 Å². The van der Waals surface area contributed by atoms with Crippen molar-refractivity contribution in [3.05, 3.63) is 34.9 Å². The second kappa shape index (κ2) is 6.55. The Balaban J connectivity index is 3.24. The van der Waals surface area contributed by atoms with Crippen molar-refractivity contribution in [3.8, 4) is 0 Å². The molecule has 0 aromatic heterocycles. The van der Waals surface area contributed by atoms with Crippen LogP contribution in [0, 0.1) is 0 Å². The van der Waals surface area contributed by atoms with Gasteiger partial charge in [-0.05, 0) is 38.0 Å². The zero-order valence-corrected chi connectivity index (χ0v) is 11.6. The highest BCUT2D eigenvalue weighted by molar-refractivity contribution is 6.34. The van der Waals surface area contributed by atoms with Gasteiger partial charge in [-0.1, -0.05) is 13.0 Å². The van der Waals surface area contributed by atoms with Crippen molar-refractivity contribution < 1.29 is 14.3 Å². The van der Waals surface area contributed by atoms with Crippen molar-refractivity contribution in [2.45, 2.75) is 32.6 Å². The van der Waals surface area contributed by atoms with E-state index in [2.05, 4.69) is 0 Å². The molecule has 0 N–H and O–H groups in total. The van der Waals surface area contributed by atoms with Gasteiger partial charge in [-0.15, -0.1) is 11.6 Å². The fraction of sp³-hybridized carbons (Fsp3) is 0.429. The third-order valence-electron chi connectivity index (χ3n) is 2.61. The molecule has 98 valence electrons. The molecule has 0 aliphatic carbocycles. The van der Waals surface area contributed by atoms with Crippen molar-refractivity contribution >= 4 is 23.4 Å². The van der Waals surface area contributed by atoms with E-state index >= 15 is 0 Å². The number of Topliss-reactive ketones (excluding diaryl/α,β-unsaturated/α-hetero) is 1. The minimum absolute atomic E-state index is 0.255. The van der Waals surface area contributed by atoms with Crippen molar-refractivity contribution in [2.24, 2.45) is 0 Å². The molecule has 1 atom stereocenters. The molecule has 0 fully saturated rings. The van der Waals surface area contributed by atoms with E-state index in [-0.39, 0.29) is 18.0 Å². The first kappa shape index (κ1) is 14.7. The van der Waals surface area contributed by atoms with Crippen LogP contribution in [0.5, 0.6) is 0 Å². The lowest BCUT2D eigenvalue weighted by Crippen LogP contribution is -2.17. The number of halogens is 1. The molecule has 0 aliphatic rings. The summed E-state index contributed by atoms with van der Waals surface area (Å²) in [6, 6.07) is 5.17. The molecule has 0 heterocycles. The number of carbonyl (C=O) groups excluding carboxylic acids is 2. The van der Waals surface area contributed by atoms with E-state index in [0.717, 1.165) is 12.0 Å². The Morgan fingerprint density at radius 1 is 1.28 bits per heavy atom. The highest BCUT2D eigenvalue weighted by Crippen LogP contribution is 2.18. The van der Waals surface area contributed by atoms with Gasteiger partial charge < -0.3 is 4.74 Å². The van der Waals surface area contributed by atoms with E-state index in [0.29, 0.717) is 5.56 Å². The highest BCUT2D eigenvalue weighted by Gasteiger charge is 2.21. The molecule has 0 amide bonds. The lowest BCUT2D eigenvalue weighted by Gasteiger charge is -2.10. The van der Waals surface area contributed by atoms with Crippen LogP contribution in [0.25, 0.3) is 0 Å². The van der Waals surface area contributed by atoms with E-state index in [1.165, 1.54) is 0 Å². The second-order valence-corrected chi connectivity index (χ2v) is 4.59. The van der Waals surface area contributed by atoms with E-state index in [1.54, 1.807) is 26.0 Å². The zero-order chi connectivity index (χ0) is 13.7. The predicted octanol–water partition coefficient (Wildman–Crippen LogP) is 3.24. The molecular weight excluding hydrogens is 252 g/mol. The van der Waals surface area contributed by atoms with E-state index in [1.807, 2.05) is 13.0 Å². The van der Waals surface area contributed by atoms with Gasteiger partial charge in [0.1, 0.15) is 0 Å². The Bertz CT molecular complexity index is 452. The molecule has 0 saturated carbocycles. The maximum atomic E-state index is 12.0. The molecule has 0 spiro atoms. The number of aryl methyl sites for hydroxylation is 1. The Morgan fingerprint density at radius 2 is 1.94 bits per heavy atom. The summed E-state index contributed by atoms with van der Waals surface area (Å²) in [5.74, 6) is -0.740. The van der Waals surface area contributed by atoms with Gasteiger partial charge in [0.2, 0.25) is 0 Å². The zero-order valence-electron chi connectivity index (χ0n) is 10.8. The quantitative estimate of drug-likeness (QED) is 0.468. The minimum Gasteiger partial charge on any atom is -0.462 e. The fourth-order valence-corrected chi connectivity index (χ4v) is 1.73. The normalized spacial score (nSPS) is 12.0. The molecule has 3 nitrogen and oxygen atoms in total. The first-order valence-electron chi connectivity index (χ1n) is 5.99. The molecule has 1 aromatic carbocycles. The van der Waals surface area contributed by atoms with Gasteiger partial charge in [0.15, 0.2) is 5.78 Å². The van der Waals surface area contributed by atoms with E-state index in [9.17, 15) is 9.59 Å². The van der Waals surface area contributed by atoms with Crippen LogP contribution < -0.4 is 0 Å². The number of carbonyl (C=O) groups is 2. The molecule has 0 bridgehead atoms. The Kier molecular flexibility index (Phi) is 5.35. The largest absolute Gasteiger partial charge is 0.462 e. The first-order valence-corrected chi connectivity index (χ1v) is 6.43. The number of ketones is 1. The monoisotopic (exact) mass is 268 g/mol. The molecule has 1 aromatic rings. The van der Waals surface area contributed by atoms with Crippen LogP contribution >= 0.6 is 11.6 Å². The maximum absolute atomic E-state index is 12.0. The molecule has 1 rings (SSSR count). The van der Waals surface area contributed by atoms with Crippen molar-refractivity contribution in [1.82, 2.24) is 0 Å². The SMILES string of the molecule is CCOC(=O)c1ccc(CC)cc1C(=O)C(C)Cl.